The van der Waals surface area contributed by atoms with Crippen LogP contribution in [0.5, 0.6) is 0 Å². The Balaban J connectivity index is 2.52. The predicted molar refractivity (Wildman–Crippen MR) is 73.9 cm³/mol. The van der Waals surface area contributed by atoms with Crippen LogP contribution in [0, 0.1) is 0 Å². The first-order valence-corrected chi connectivity index (χ1v) is 6.56. The fraction of sp³-hybridized carbons (Fsp3) is 0.533. The summed E-state index contributed by atoms with van der Waals surface area (Å²) in [6, 6.07) is 8.82. The van der Waals surface area contributed by atoms with Crippen LogP contribution in [0.2, 0.25) is 0 Å². The molecule has 0 saturated heterocycles. The second-order valence-corrected chi connectivity index (χ2v) is 4.88. The molecule has 3 heteroatoms. The predicted octanol–water partition coefficient (Wildman–Crippen LogP) is 2.59. The van der Waals surface area contributed by atoms with Gasteiger partial charge in [-0.25, -0.2) is 0 Å². The first-order valence-electron chi connectivity index (χ1n) is 6.56. The summed E-state index contributed by atoms with van der Waals surface area (Å²) in [5.41, 5.74) is 2.60. The average molecular weight is 249 g/mol. The van der Waals surface area contributed by atoms with Gasteiger partial charge in [0.05, 0.1) is 6.54 Å². The molecule has 1 N–H and O–H groups in total. The van der Waals surface area contributed by atoms with E-state index in [1.807, 2.05) is 18.7 Å². The molecule has 0 atom stereocenters. The summed E-state index contributed by atoms with van der Waals surface area (Å²) < 4.78 is 0. The second-order valence-electron chi connectivity index (χ2n) is 4.88. The van der Waals surface area contributed by atoms with Crippen LogP contribution in [0.15, 0.2) is 24.3 Å². The van der Waals surface area contributed by atoms with E-state index in [1.165, 1.54) is 11.1 Å². The van der Waals surface area contributed by atoms with Crippen molar-refractivity contribution < 1.29 is 9.90 Å². The van der Waals surface area contributed by atoms with E-state index >= 15 is 0 Å². The molecule has 3 nitrogen and oxygen atoms in total. The molecule has 0 spiro atoms. The highest BCUT2D eigenvalue weighted by Crippen LogP contribution is 2.07. The Morgan fingerprint density at radius 3 is 2.22 bits per heavy atom. The summed E-state index contributed by atoms with van der Waals surface area (Å²) in [7, 11) is 0. The lowest BCUT2D eigenvalue weighted by molar-refractivity contribution is -0.138. The smallest absolute Gasteiger partial charge is 0.317 e. The third kappa shape index (κ3) is 4.88. The van der Waals surface area contributed by atoms with Crippen LogP contribution in [0.3, 0.4) is 0 Å². The monoisotopic (exact) mass is 249 g/mol. The zero-order valence-corrected chi connectivity index (χ0v) is 11.5. The highest BCUT2D eigenvalue weighted by molar-refractivity contribution is 5.69. The van der Waals surface area contributed by atoms with Gasteiger partial charge in [0.15, 0.2) is 0 Å². The molecule has 0 heterocycles. The molecule has 1 rings (SSSR count). The molecule has 0 radical (unpaired) electrons. The van der Waals surface area contributed by atoms with Gasteiger partial charge in [0.1, 0.15) is 0 Å². The fourth-order valence-corrected chi connectivity index (χ4v) is 1.91. The second kappa shape index (κ2) is 7.17. The summed E-state index contributed by atoms with van der Waals surface area (Å²) >= 11 is 0. The third-order valence-electron chi connectivity index (χ3n) is 3.19. The number of rotatable bonds is 7. The maximum atomic E-state index is 10.8. The van der Waals surface area contributed by atoms with E-state index in [0.717, 1.165) is 19.4 Å². The number of hydrogen-bond acceptors (Lipinski definition) is 2. The number of aryl methyl sites for hydroxylation is 1. The molecule has 0 bridgehead atoms. The summed E-state index contributed by atoms with van der Waals surface area (Å²) in [5.74, 6) is -0.759. The first kappa shape index (κ1) is 14.7. The molecule has 18 heavy (non-hydrogen) atoms. The maximum Gasteiger partial charge on any atom is 0.317 e. The zero-order chi connectivity index (χ0) is 13.5. The van der Waals surface area contributed by atoms with Gasteiger partial charge in [0, 0.05) is 12.6 Å². The molecule has 0 aliphatic carbocycles. The summed E-state index contributed by atoms with van der Waals surface area (Å²) in [4.78, 5) is 12.7. The van der Waals surface area contributed by atoms with Crippen molar-refractivity contribution >= 4 is 5.97 Å². The number of hydrogen-bond donors (Lipinski definition) is 1. The Morgan fingerprint density at radius 2 is 1.78 bits per heavy atom. The average Bonchev–Trinajstić information content (AvgIpc) is 2.34. The Kier molecular flexibility index (Phi) is 5.86. The fourth-order valence-electron chi connectivity index (χ4n) is 1.91. The van der Waals surface area contributed by atoms with Gasteiger partial charge in [0.2, 0.25) is 0 Å². The lowest BCUT2D eigenvalue weighted by atomic mass is 10.1. The Bertz CT molecular complexity index is 371. The van der Waals surface area contributed by atoms with Crippen LogP contribution in [-0.4, -0.2) is 35.1 Å². The van der Waals surface area contributed by atoms with Crippen molar-refractivity contribution in [1.82, 2.24) is 4.90 Å². The van der Waals surface area contributed by atoms with Crippen molar-refractivity contribution in [3.63, 3.8) is 0 Å². The van der Waals surface area contributed by atoms with E-state index in [-0.39, 0.29) is 12.6 Å². The van der Waals surface area contributed by atoms with Crippen LogP contribution in [0.25, 0.3) is 0 Å². The highest BCUT2D eigenvalue weighted by atomic mass is 16.4. The van der Waals surface area contributed by atoms with Crippen molar-refractivity contribution in [2.45, 2.75) is 39.7 Å². The number of benzene rings is 1. The number of carboxylic acids is 1. The zero-order valence-electron chi connectivity index (χ0n) is 11.5. The molecular formula is C15H23NO2. The minimum atomic E-state index is -0.759. The quantitative estimate of drug-likeness (QED) is 0.807. The van der Waals surface area contributed by atoms with Crippen molar-refractivity contribution in [3.05, 3.63) is 35.4 Å². The topological polar surface area (TPSA) is 40.5 Å². The van der Waals surface area contributed by atoms with E-state index in [2.05, 4.69) is 31.2 Å². The number of aliphatic carboxylic acids is 1. The van der Waals surface area contributed by atoms with Crippen LogP contribution >= 0.6 is 0 Å². The van der Waals surface area contributed by atoms with E-state index in [9.17, 15) is 4.79 Å². The maximum absolute atomic E-state index is 10.8. The van der Waals surface area contributed by atoms with E-state index in [0.29, 0.717) is 0 Å². The lowest BCUT2D eigenvalue weighted by Crippen LogP contribution is -2.37. The van der Waals surface area contributed by atoms with Crippen LogP contribution in [0.1, 0.15) is 31.9 Å². The largest absolute Gasteiger partial charge is 0.480 e. The minimum Gasteiger partial charge on any atom is -0.480 e. The molecule has 1 aromatic carbocycles. The minimum absolute atomic E-state index is 0.116. The van der Waals surface area contributed by atoms with Crippen molar-refractivity contribution in [2.24, 2.45) is 0 Å². The van der Waals surface area contributed by atoms with E-state index in [4.69, 9.17) is 5.11 Å². The Hall–Kier alpha value is -1.35. The van der Waals surface area contributed by atoms with Crippen molar-refractivity contribution in [1.29, 1.82) is 0 Å². The van der Waals surface area contributed by atoms with E-state index < -0.39 is 5.97 Å². The highest BCUT2D eigenvalue weighted by Gasteiger charge is 2.12. The van der Waals surface area contributed by atoms with E-state index in [1.54, 1.807) is 0 Å². The number of nitrogens with zero attached hydrogens (tertiary/aromatic N) is 1. The van der Waals surface area contributed by atoms with Gasteiger partial charge in [-0.2, -0.15) is 0 Å². The van der Waals surface area contributed by atoms with Gasteiger partial charge in [-0.05, 0) is 37.8 Å². The standard InChI is InChI=1S/C15H23NO2/c1-4-13-5-7-14(8-6-13)9-10-16(12(2)3)11-15(17)18/h5-8,12H,4,9-11H2,1-3H3,(H,17,18). The van der Waals surface area contributed by atoms with Crippen molar-refractivity contribution in [2.75, 3.05) is 13.1 Å². The molecule has 0 aliphatic rings. The number of carbonyl (C=O) groups is 1. The van der Waals surface area contributed by atoms with Gasteiger partial charge in [0.25, 0.3) is 0 Å². The summed E-state index contributed by atoms with van der Waals surface area (Å²) in [5, 5.41) is 8.86. The van der Waals surface area contributed by atoms with Gasteiger partial charge in [-0.1, -0.05) is 31.2 Å². The molecular weight excluding hydrogens is 226 g/mol. The van der Waals surface area contributed by atoms with Crippen molar-refractivity contribution in [3.8, 4) is 0 Å². The lowest BCUT2D eigenvalue weighted by Gasteiger charge is -2.24. The molecule has 0 amide bonds. The van der Waals surface area contributed by atoms with Crippen LogP contribution in [0.4, 0.5) is 0 Å². The van der Waals surface area contributed by atoms with Crippen LogP contribution in [-0.2, 0) is 17.6 Å². The normalized spacial score (nSPS) is 11.2. The Morgan fingerprint density at radius 1 is 1.22 bits per heavy atom. The van der Waals surface area contributed by atoms with Gasteiger partial charge in [-0.3, -0.25) is 9.69 Å². The third-order valence-corrected chi connectivity index (χ3v) is 3.19. The van der Waals surface area contributed by atoms with Gasteiger partial charge >= 0.3 is 5.97 Å². The molecule has 0 aliphatic heterocycles. The Labute approximate surface area is 109 Å². The molecule has 1 aromatic rings. The molecule has 100 valence electrons. The van der Waals surface area contributed by atoms with Gasteiger partial charge < -0.3 is 5.11 Å². The first-order chi connectivity index (χ1) is 8.52. The van der Waals surface area contributed by atoms with Crippen LogP contribution < -0.4 is 0 Å². The molecule has 0 fully saturated rings. The van der Waals surface area contributed by atoms with Gasteiger partial charge in [-0.15, -0.1) is 0 Å². The molecule has 0 aromatic heterocycles. The molecule has 0 unspecified atom stereocenters. The molecule has 0 saturated carbocycles. The SMILES string of the molecule is CCc1ccc(CCN(CC(=O)O)C(C)C)cc1. The summed E-state index contributed by atoms with van der Waals surface area (Å²) in [6.45, 7) is 7.11. The summed E-state index contributed by atoms with van der Waals surface area (Å²) in [6.07, 6.45) is 1.95. The number of carboxylic acid groups (broad SMARTS) is 1.